The highest BCUT2D eigenvalue weighted by molar-refractivity contribution is 7.99. The first-order chi connectivity index (χ1) is 10.9. The van der Waals surface area contributed by atoms with Gasteiger partial charge in [-0.2, -0.15) is 0 Å². The highest BCUT2D eigenvalue weighted by Gasteiger charge is 2.44. The highest BCUT2D eigenvalue weighted by Crippen LogP contribution is 2.33. The summed E-state index contributed by atoms with van der Waals surface area (Å²) in [5.74, 6) is 1.72. The Hall–Kier alpha value is -0.750. The second kappa shape index (κ2) is 6.63. The number of amides is 2. The smallest absolute Gasteiger partial charge is 0.246 e. The lowest BCUT2D eigenvalue weighted by molar-refractivity contribution is -0.146. The lowest BCUT2D eigenvalue weighted by atomic mass is 9.91. The number of rotatable bonds is 2. The third kappa shape index (κ3) is 3.68. The summed E-state index contributed by atoms with van der Waals surface area (Å²) in [6.45, 7) is 8.12. The van der Waals surface area contributed by atoms with E-state index in [1.165, 1.54) is 0 Å². The maximum absolute atomic E-state index is 13.2. The van der Waals surface area contributed by atoms with Crippen LogP contribution in [0.3, 0.4) is 0 Å². The molecule has 1 N–H and O–H groups in total. The number of hydrogen-bond acceptors (Lipinski definition) is 4. The molecule has 3 rings (SSSR count). The molecule has 0 spiro atoms. The Kier molecular flexibility index (Phi) is 4.93. The molecule has 3 heterocycles. The van der Waals surface area contributed by atoms with Gasteiger partial charge in [0.15, 0.2) is 0 Å². The molecular weight excluding hydrogens is 310 g/mol. The van der Waals surface area contributed by atoms with Crippen LogP contribution in [0.15, 0.2) is 0 Å². The predicted octanol–water partition coefficient (Wildman–Crippen LogP) is 1.68. The van der Waals surface area contributed by atoms with Crippen molar-refractivity contribution in [3.63, 3.8) is 0 Å². The van der Waals surface area contributed by atoms with Gasteiger partial charge >= 0.3 is 0 Å². The van der Waals surface area contributed by atoms with Crippen LogP contribution in [-0.2, 0) is 9.59 Å². The molecule has 0 saturated carbocycles. The molecule has 0 aromatic rings. The van der Waals surface area contributed by atoms with Crippen LogP contribution in [0, 0.1) is 5.41 Å². The zero-order valence-electron chi connectivity index (χ0n) is 14.5. The largest absolute Gasteiger partial charge is 0.334 e. The van der Waals surface area contributed by atoms with E-state index in [1.807, 2.05) is 4.90 Å². The normalized spacial score (nSPS) is 31.3. The molecule has 2 amide bonds. The van der Waals surface area contributed by atoms with Crippen LogP contribution in [0.4, 0.5) is 0 Å². The lowest BCUT2D eigenvalue weighted by Crippen LogP contribution is -2.53. The minimum atomic E-state index is -0.254. The van der Waals surface area contributed by atoms with Crippen LogP contribution in [0.25, 0.3) is 0 Å². The molecule has 6 heteroatoms. The molecule has 3 aliphatic rings. The van der Waals surface area contributed by atoms with Gasteiger partial charge in [0.05, 0.1) is 5.88 Å². The highest BCUT2D eigenvalue weighted by atomic mass is 32.2. The Morgan fingerprint density at radius 3 is 2.65 bits per heavy atom. The summed E-state index contributed by atoms with van der Waals surface area (Å²) in [5.41, 5.74) is -0.0382. The average Bonchev–Trinajstić information content (AvgIpc) is 3.00. The first kappa shape index (κ1) is 17.1. The number of carbonyl (C=O) groups is 2. The molecule has 3 atom stereocenters. The first-order valence-corrected chi connectivity index (χ1v) is 9.92. The van der Waals surface area contributed by atoms with E-state index in [9.17, 15) is 9.59 Å². The van der Waals surface area contributed by atoms with E-state index in [2.05, 4.69) is 31.0 Å². The zero-order valence-corrected chi connectivity index (χ0v) is 15.3. The maximum Gasteiger partial charge on any atom is 0.246 e. The van der Waals surface area contributed by atoms with Gasteiger partial charge in [-0.15, -0.1) is 11.8 Å². The molecule has 0 radical (unpaired) electrons. The van der Waals surface area contributed by atoms with Gasteiger partial charge in [0, 0.05) is 30.8 Å². The molecule has 3 fully saturated rings. The summed E-state index contributed by atoms with van der Waals surface area (Å²) in [6.07, 6.45) is 3.76. The second-order valence-electron chi connectivity index (χ2n) is 8.24. The van der Waals surface area contributed by atoms with Crippen molar-refractivity contribution in [1.29, 1.82) is 0 Å². The predicted molar refractivity (Wildman–Crippen MR) is 93.2 cm³/mol. The van der Waals surface area contributed by atoms with Crippen molar-refractivity contribution in [2.45, 2.75) is 64.6 Å². The monoisotopic (exact) mass is 339 g/mol. The molecule has 130 valence electrons. The summed E-state index contributed by atoms with van der Waals surface area (Å²) in [4.78, 5) is 29.8. The van der Waals surface area contributed by atoms with E-state index in [-0.39, 0.29) is 23.3 Å². The van der Waals surface area contributed by atoms with Crippen molar-refractivity contribution < 1.29 is 9.59 Å². The molecule has 23 heavy (non-hydrogen) atoms. The molecular formula is C17H29N3O2S. The van der Waals surface area contributed by atoms with Crippen LogP contribution in [-0.4, -0.2) is 64.5 Å². The Bertz CT molecular complexity index is 463. The molecule has 0 aromatic carbocycles. The summed E-state index contributed by atoms with van der Waals surface area (Å²) < 4.78 is 0. The molecule has 5 nitrogen and oxygen atoms in total. The zero-order chi connectivity index (χ0) is 16.6. The topological polar surface area (TPSA) is 52.7 Å². The molecule has 0 aromatic heterocycles. The van der Waals surface area contributed by atoms with Gasteiger partial charge in [-0.25, -0.2) is 0 Å². The number of hydrogen-bond donors (Lipinski definition) is 1. The van der Waals surface area contributed by atoms with Gasteiger partial charge in [0.2, 0.25) is 11.8 Å². The van der Waals surface area contributed by atoms with Crippen molar-refractivity contribution >= 4 is 23.6 Å². The summed E-state index contributed by atoms with van der Waals surface area (Å²) in [7, 11) is 0. The Labute approximate surface area is 143 Å². The number of thioether (sulfide) groups is 1. The Morgan fingerprint density at radius 2 is 1.91 bits per heavy atom. The number of fused-ring (bicyclic) bond motifs is 2. The third-order valence-electron chi connectivity index (χ3n) is 5.08. The first-order valence-electron chi connectivity index (χ1n) is 8.77. The van der Waals surface area contributed by atoms with E-state index in [4.69, 9.17) is 0 Å². The van der Waals surface area contributed by atoms with Gasteiger partial charge < -0.3 is 15.1 Å². The molecule has 3 aliphatic heterocycles. The van der Waals surface area contributed by atoms with Crippen LogP contribution < -0.4 is 5.32 Å². The maximum atomic E-state index is 13.2. The van der Waals surface area contributed by atoms with Gasteiger partial charge in [-0.1, -0.05) is 20.8 Å². The van der Waals surface area contributed by atoms with E-state index in [1.54, 1.807) is 11.8 Å². The van der Waals surface area contributed by atoms with E-state index < -0.39 is 0 Å². The molecule has 0 aliphatic carbocycles. The third-order valence-corrected chi connectivity index (χ3v) is 6.09. The van der Waals surface area contributed by atoms with Crippen molar-refractivity contribution in [2.75, 3.05) is 24.7 Å². The van der Waals surface area contributed by atoms with Crippen LogP contribution in [0.2, 0.25) is 0 Å². The number of nitrogens with one attached hydrogen (secondary N) is 1. The van der Waals surface area contributed by atoms with Gasteiger partial charge in [0.25, 0.3) is 0 Å². The molecule has 3 saturated heterocycles. The minimum Gasteiger partial charge on any atom is -0.334 e. The van der Waals surface area contributed by atoms with Crippen LogP contribution in [0.5, 0.6) is 0 Å². The van der Waals surface area contributed by atoms with E-state index in [0.717, 1.165) is 38.1 Å². The van der Waals surface area contributed by atoms with Crippen molar-refractivity contribution in [3.05, 3.63) is 0 Å². The average molecular weight is 340 g/mol. The van der Waals surface area contributed by atoms with Crippen molar-refractivity contribution in [1.82, 2.24) is 15.1 Å². The van der Waals surface area contributed by atoms with Crippen molar-refractivity contribution in [3.8, 4) is 0 Å². The quantitative estimate of drug-likeness (QED) is 0.832. The fourth-order valence-corrected chi connectivity index (χ4v) is 5.13. The minimum absolute atomic E-state index is 0.0382. The number of nitrogens with zero attached hydrogens (tertiary/aromatic N) is 2. The summed E-state index contributed by atoms with van der Waals surface area (Å²) >= 11 is 1.71. The summed E-state index contributed by atoms with van der Waals surface area (Å²) in [5, 5.41) is 3.44. The van der Waals surface area contributed by atoms with Gasteiger partial charge in [-0.05, 0) is 31.2 Å². The van der Waals surface area contributed by atoms with Crippen LogP contribution in [0.1, 0.15) is 46.5 Å². The fraction of sp³-hybridized carbons (Fsp3) is 0.882. The molecule has 2 bridgehead atoms. The van der Waals surface area contributed by atoms with E-state index in [0.29, 0.717) is 24.4 Å². The van der Waals surface area contributed by atoms with Gasteiger partial charge in [0.1, 0.15) is 6.04 Å². The Balaban J connectivity index is 1.72. The SMILES string of the molecule is CC(C)(C)CC(=O)N1CSCC1C(=O)N1C2CCNCC1CC2. The van der Waals surface area contributed by atoms with Gasteiger partial charge in [-0.3, -0.25) is 9.59 Å². The standard InChI is InChI=1S/C17H29N3O2S/c1-17(2,3)8-15(21)19-11-23-10-14(19)16(22)20-12-4-5-13(20)9-18-7-6-12/h12-14,18H,4-11H2,1-3H3. The lowest BCUT2D eigenvalue weighted by Gasteiger charge is -2.34. The fourth-order valence-electron chi connectivity index (χ4n) is 3.96. The Morgan fingerprint density at radius 1 is 1.17 bits per heavy atom. The molecule has 3 unspecified atom stereocenters. The van der Waals surface area contributed by atoms with E-state index >= 15 is 0 Å². The summed E-state index contributed by atoms with van der Waals surface area (Å²) in [6, 6.07) is 0.434. The number of carbonyl (C=O) groups excluding carboxylic acids is 2. The second-order valence-corrected chi connectivity index (χ2v) is 9.24. The van der Waals surface area contributed by atoms with Crippen molar-refractivity contribution in [2.24, 2.45) is 5.41 Å². The van der Waals surface area contributed by atoms with Crippen LogP contribution >= 0.6 is 11.8 Å².